The van der Waals surface area contributed by atoms with Crippen LogP contribution >= 0.6 is 12.4 Å². The standard InChI is InChI=1S/C10H15NO.ClH/c1-10(2,3)7-4-5-9(12)8(11)6-7;/h4-6,12H,11H2,1-3H3;1H. The van der Waals surface area contributed by atoms with E-state index in [1.165, 1.54) is 0 Å². The number of phenolic OH excluding ortho intramolecular Hbond substituents is 1. The van der Waals surface area contributed by atoms with Crippen molar-refractivity contribution in [2.24, 2.45) is 0 Å². The van der Waals surface area contributed by atoms with E-state index in [0.717, 1.165) is 5.56 Å². The fourth-order valence-corrected chi connectivity index (χ4v) is 1.02. The van der Waals surface area contributed by atoms with E-state index in [2.05, 4.69) is 20.8 Å². The molecule has 0 aromatic heterocycles. The van der Waals surface area contributed by atoms with E-state index >= 15 is 0 Å². The zero-order chi connectivity index (χ0) is 9.35. The van der Waals surface area contributed by atoms with E-state index in [9.17, 15) is 5.11 Å². The SMILES string of the molecule is CC(C)(C)c1ccc(O)c(N)c1.Cl. The van der Waals surface area contributed by atoms with Crippen LogP contribution in [0.5, 0.6) is 5.75 Å². The Hall–Kier alpha value is -0.890. The summed E-state index contributed by atoms with van der Waals surface area (Å²) in [5, 5.41) is 9.18. The molecule has 0 amide bonds. The monoisotopic (exact) mass is 201 g/mol. The van der Waals surface area contributed by atoms with Crippen molar-refractivity contribution in [3.8, 4) is 5.75 Å². The second kappa shape index (κ2) is 3.88. The summed E-state index contributed by atoms with van der Waals surface area (Å²) in [6.07, 6.45) is 0. The minimum absolute atomic E-state index is 0. The summed E-state index contributed by atoms with van der Waals surface area (Å²) in [6, 6.07) is 5.34. The van der Waals surface area contributed by atoms with Gasteiger partial charge in [0.1, 0.15) is 5.75 Å². The van der Waals surface area contributed by atoms with E-state index in [0.29, 0.717) is 5.69 Å². The highest BCUT2D eigenvalue weighted by Gasteiger charge is 2.14. The Bertz CT molecular complexity index is 291. The lowest BCUT2D eigenvalue weighted by molar-refractivity contribution is 0.477. The summed E-state index contributed by atoms with van der Waals surface area (Å²) in [7, 11) is 0. The number of hydrogen-bond acceptors (Lipinski definition) is 2. The van der Waals surface area contributed by atoms with Gasteiger partial charge in [-0.3, -0.25) is 0 Å². The Balaban J connectivity index is 0.00000144. The molecule has 0 saturated carbocycles. The average Bonchev–Trinajstić information content (AvgIpc) is 1.92. The molecule has 1 rings (SSSR count). The number of benzene rings is 1. The van der Waals surface area contributed by atoms with Crippen LogP contribution in [0.1, 0.15) is 26.3 Å². The van der Waals surface area contributed by atoms with Crippen molar-refractivity contribution >= 4 is 18.1 Å². The molecule has 13 heavy (non-hydrogen) atoms. The molecule has 74 valence electrons. The van der Waals surface area contributed by atoms with Crippen molar-refractivity contribution in [3.05, 3.63) is 23.8 Å². The van der Waals surface area contributed by atoms with Gasteiger partial charge in [0.25, 0.3) is 0 Å². The maximum atomic E-state index is 9.18. The molecule has 0 spiro atoms. The second-order valence-corrected chi connectivity index (χ2v) is 4.02. The number of nitrogen functional groups attached to an aromatic ring is 1. The molecule has 0 aliphatic heterocycles. The molecular formula is C10H16ClNO. The molecule has 3 heteroatoms. The molecule has 3 N–H and O–H groups in total. The van der Waals surface area contributed by atoms with Crippen molar-refractivity contribution in [2.45, 2.75) is 26.2 Å². The number of halogens is 1. The maximum absolute atomic E-state index is 9.18. The summed E-state index contributed by atoms with van der Waals surface area (Å²) in [5.74, 6) is 0.156. The third kappa shape index (κ3) is 2.81. The Morgan fingerprint density at radius 3 is 2.15 bits per heavy atom. The Labute approximate surface area is 85.2 Å². The van der Waals surface area contributed by atoms with Crippen LogP contribution in [0.4, 0.5) is 5.69 Å². The van der Waals surface area contributed by atoms with Crippen LogP contribution in [0.25, 0.3) is 0 Å². The van der Waals surface area contributed by atoms with Gasteiger partial charge in [-0.1, -0.05) is 26.8 Å². The van der Waals surface area contributed by atoms with Crippen molar-refractivity contribution in [1.29, 1.82) is 0 Å². The van der Waals surface area contributed by atoms with Gasteiger partial charge in [-0.05, 0) is 23.1 Å². The predicted molar refractivity (Wildman–Crippen MR) is 58.5 cm³/mol. The first-order valence-electron chi connectivity index (χ1n) is 4.00. The molecule has 0 radical (unpaired) electrons. The first-order valence-corrected chi connectivity index (χ1v) is 4.00. The van der Waals surface area contributed by atoms with Gasteiger partial charge < -0.3 is 10.8 Å². The lowest BCUT2D eigenvalue weighted by Gasteiger charge is -2.19. The summed E-state index contributed by atoms with van der Waals surface area (Å²) in [6.45, 7) is 6.33. The number of phenols is 1. The second-order valence-electron chi connectivity index (χ2n) is 4.02. The smallest absolute Gasteiger partial charge is 0.138 e. The number of nitrogens with two attached hydrogens (primary N) is 1. The molecule has 0 atom stereocenters. The Kier molecular flexibility index (Phi) is 3.61. The molecule has 1 aromatic rings. The van der Waals surface area contributed by atoms with Gasteiger partial charge >= 0.3 is 0 Å². The minimum Gasteiger partial charge on any atom is -0.506 e. The average molecular weight is 202 g/mol. The summed E-state index contributed by atoms with van der Waals surface area (Å²) in [5.41, 5.74) is 7.24. The van der Waals surface area contributed by atoms with E-state index in [1.54, 1.807) is 6.07 Å². The number of anilines is 1. The van der Waals surface area contributed by atoms with Crippen molar-refractivity contribution in [3.63, 3.8) is 0 Å². The molecule has 0 fully saturated rings. The van der Waals surface area contributed by atoms with Crippen LogP contribution in [0.15, 0.2) is 18.2 Å². The van der Waals surface area contributed by atoms with E-state index < -0.39 is 0 Å². The van der Waals surface area contributed by atoms with E-state index in [1.807, 2.05) is 12.1 Å². The van der Waals surface area contributed by atoms with Gasteiger partial charge in [-0.15, -0.1) is 12.4 Å². The summed E-state index contributed by atoms with van der Waals surface area (Å²) in [4.78, 5) is 0. The quantitative estimate of drug-likeness (QED) is 0.501. The molecule has 2 nitrogen and oxygen atoms in total. The normalized spacial score (nSPS) is 10.7. The van der Waals surface area contributed by atoms with Crippen LogP contribution in [-0.2, 0) is 5.41 Å². The number of aromatic hydroxyl groups is 1. The van der Waals surface area contributed by atoms with Gasteiger partial charge in [0.05, 0.1) is 5.69 Å². The largest absolute Gasteiger partial charge is 0.506 e. The third-order valence-corrected chi connectivity index (χ3v) is 1.89. The highest BCUT2D eigenvalue weighted by Crippen LogP contribution is 2.28. The highest BCUT2D eigenvalue weighted by atomic mass is 35.5. The highest BCUT2D eigenvalue weighted by molar-refractivity contribution is 5.85. The van der Waals surface area contributed by atoms with Crippen molar-refractivity contribution in [2.75, 3.05) is 5.73 Å². The lowest BCUT2D eigenvalue weighted by atomic mass is 9.87. The molecular weight excluding hydrogens is 186 g/mol. The molecule has 0 bridgehead atoms. The Morgan fingerprint density at radius 2 is 1.77 bits per heavy atom. The van der Waals surface area contributed by atoms with Gasteiger partial charge in [-0.25, -0.2) is 0 Å². The number of hydrogen-bond donors (Lipinski definition) is 2. The predicted octanol–water partition coefficient (Wildman–Crippen LogP) is 2.69. The van der Waals surface area contributed by atoms with Crippen LogP contribution < -0.4 is 5.73 Å². The van der Waals surface area contributed by atoms with Crippen LogP contribution in [0, 0.1) is 0 Å². The maximum Gasteiger partial charge on any atom is 0.138 e. The van der Waals surface area contributed by atoms with Crippen molar-refractivity contribution < 1.29 is 5.11 Å². The van der Waals surface area contributed by atoms with E-state index in [4.69, 9.17) is 5.73 Å². The third-order valence-electron chi connectivity index (χ3n) is 1.89. The van der Waals surface area contributed by atoms with Gasteiger partial charge in [-0.2, -0.15) is 0 Å². The molecule has 0 unspecified atom stereocenters. The van der Waals surface area contributed by atoms with Gasteiger partial charge in [0.2, 0.25) is 0 Å². The first kappa shape index (κ1) is 12.1. The molecule has 0 saturated heterocycles. The van der Waals surface area contributed by atoms with Crippen molar-refractivity contribution in [1.82, 2.24) is 0 Å². The fourth-order valence-electron chi connectivity index (χ4n) is 1.02. The summed E-state index contributed by atoms with van der Waals surface area (Å²) >= 11 is 0. The number of rotatable bonds is 0. The first-order chi connectivity index (χ1) is 5.41. The molecule has 1 aromatic carbocycles. The zero-order valence-corrected chi connectivity index (χ0v) is 8.98. The topological polar surface area (TPSA) is 46.2 Å². The van der Waals surface area contributed by atoms with E-state index in [-0.39, 0.29) is 23.6 Å². The molecule has 0 aliphatic rings. The minimum atomic E-state index is 0. The van der Waals surface area contributed by atoms with Crippen LogP contribution in [-0.4, -0.2) is 5.11 Å². The van der Waals surface area contributed by atoms with Gasteiger partial charge in [0.15, 0.2) is 0 Å². The lowest BCUT2D eigenvalue weighted by Crippen LogP contribution is -2.11. The van der Waals surface area contributed by atoms with Gasteiger partial charge in [0, 0.05) is 0 Å². The van der Waals surface area contributed by atoms with Crippen LogP contribution in [0.2, 0.25) is 0 Å². The van der Waals surface area contributed by atoms with Crippen LogP contribution in [0.3, 0.4) is 0 Å². The Morgan fingerprint density at radius 1 is 1.23 bits per heavy atom. The molecule has 0 heterocycles. The molecule has 0 aliphatic carbocycles. The summed E-state index contributed by atoms with van der Waals surface area (Å²) < 4.78 is 0. The fraction of sp³-hybridized carbons (Fsp3) is 0.400. The zero-order valence-electron chi connectivity index (χ0n) is 8.16.